The summed E-state index contributed by atoms with van der Waals surface area (Å²) < 4.78 is 9.00. The number of ether oxygens (including phenoxy) is 1. The average molecular weight is 464 g/mol. The molecule has 4 rings (SSSR count). The molecule has 4 aromatic rings. The van der Waals surface area contributed by atoms with Gasteiger partial charge in [0.1, 0.15) is 17.8 Å². The highest BCUT2D eigenvalue weighted by Crippen LogP contribution is 2.23. The van der Waals surface area contributed by atoms with E-state index in [1.54, 1.807) is 17.9 Å². The molecular weight excluding hydrogens is 438 g/mol. The van der Waals surface area contributed by atoms with E-state index >= 15 is 0 Å². The van der Waals surface area contributed by atoms with Crippen molar-refractivity contribution in [2.45, 2.75) is 31.6 Å². The summed E-state index contributed by atoms with van der Waals surface area (Å²) in [6.07, 6.45) is 2.15. The van der Waals surface area contributed by atoms with Crippen molar-refractivity contribution in [3.05, 3.63) is 66.5 Å². The number of aryl methyl sites for hydroxylation is 1. The zero-order valence-electron chi connectivity index (χ0n) is 18.6. The van der Waals surface area contributed by atoms with E-state index in [9.17, 15) is 4.79 Å². The van der Waals surface area contributed by atoms with E-state index in [2.05, 4.69) is 32.4 Å². The first kappa shape index (κ1) is 22.5. The van der Waals surface area contributed by atoms with Crippen LogP contribution in [-0.4, -0.2) is 48.5 Å². The van der Waals surface area contributed by atoms with Gasteiger partial charge in [-0.05, 0) is 42.8 Å². The van der Waals surface area contributed by atoms with Gasteiger partial charge in [-0.3, -0.25) is 4.79 Å². The molecule has 0 atom stereocenters. The van der Waals surface area contributed by atoms with Crippen molar-refractivity contribution >= 4 is 34.4 Å². The van der Waals surface area contributed by atoms with E-state index in [4.69, 9.17) is 4.74 Å². The highest BCUT2D eigenvalue weighted by molar-refractivity contribution is 7.99. The molecule has 0 saturated heterocycles. The van der Waals surface area contributed by atoms with Crippen molar-refractivity contribution < 1.29 is 9.53 Å². The van der Waals surface area contributed by atoms with Gasteiger partial charge >= 0.3 is 0 Å². The fraction of sp³-hybridized carbons (Fsp3) is 0.261. The van der Waals surface area contributed by atoms with Gasteiger partial charge in [-0.25, -0.2) is 4.68 Å². The van der Waals surface area contributed by atoms with Crippen LogP contribution in [0.1, 0.15) is 17.8 Å². The smallest absolute Gasteiger partial charge is 0.225 e. The fourth-order valence-electron chi connectivity index (χ4n) is 3.37. The Kier molecular flexibility index (Phi) is 7.04. The molecule has 0 aliphatic carbocycles. The third-order valence-corrected chi connectivity index (χ3v) is 6.05. The van der Waals surface area contributed by atoms with E-state index < -0.39 is 0 Å². The molecule has 2 aromatic carbocycles. The molecular formula is C23H25N7O2S. The fourth-order valence-corrected chi connectivity index (χ4v) is 4.28. The van der Waals surface area contributed by atoms with Crippen molar-refractivity contribution in [3.63, 3.8) is 0 Å². The van der Waals surface area contributed by atoms with Crippen LogP contribution >= 0.6 is 11.8 Å². The zero-order chi connectivity index (χ0) is 23.2. The maximum atomic E-state index is 12.4. The Hall–Kier alpha value is -3.66. The number of carbonyl (C=O) groups is 1. The standard InChI is InChI=1S/C23H25N7O2S/c1-4-12-29-21(15-30-20-8-6-5-7-19(20)25-28-30)26-27-23(29)33-13-11-22(31)24-18-10-9-17(32-3)14-16(18)2/h4-10,14H,1,11-13,15H2,2-3H3,(H,24,31). The predicted molar refractivity (Wildman–Crippen MR) is 129 cm³/mol. The van der Waals surface area contributed by atoms with Gasteiger partial charge in [-0.1, -0.05) is 35.2 Å². The number of anilines is 1. The molecule has 9 nitrogen and oxygen atoms in total. The largest absolute Gasteiger partial charge is 0.497 e. The number of fused-ring (bicyclic) bond motifs is 1. The summed E-state index contributed by atoms with van der Waals surface area (Å²) in [5.74, 6) is 2.03. The van der Waals surface area contributed by atoms with E-state index in [-0.39, 0.29) is 5.91 Å². The van der Waals surface area contributed by atoms with Crippen molar-refractivity contribution in [1.29, 1.82) is 0 Å². The van der Waals surface area contributed by atoms with Crippen LogP contribution in [0.4, 0.5) is 5.69 Å². The first-order valence-electron chi connectivity index (χ1n) is 10.5. The Morgan fingerprint density at radius 2 is 2.06 bits per heavy atom. The number of methoxy groups -OCH3 is 1. The van der Waals surface area contributed by atoms with Gasteiger partial charge in [-0.2, -0.15) is 0 Å². The Morgan fingerprint density at radius 3 is 2.85 bits per heavy atom. The molecule has 2 heterocycles. The van der Waals surface area contributed by atoms with Crippen molar-refractivity contribution in [1.82, 2.24) is 29.8 Å². The second-order valence-electron chi connectivity index (χ2n) is 7.36. The second-order valence-corrected chi connectivity index (χ2v) is 8.42. The molecule has 1 N–H and O–H groups in total. The number of para-hydroxylation sites is 1. The average Bonchev–Trinajstić information content (AvgIpc) is 3.40. The van der Waals surface area contributed by atoms with Crippen molar-refractivity contribution in [3.8, 4) is 5.75 Å². The molecule has 170 valence electrons. The lowest BCUT2D eigenvalue weighted by atomic mass is 10.2. The summed E-state index contributed by atoms with van der Waals surface area (Å²) in [5.41, 5.74) is 3.50. The number of thioether (sulfide) groups is 1. The monoisotopic (exact) mass is 463 g/mol. The molecule has 0 fully saturated rings. The van der Waals surface area contributed by atoms with Crippen LogP contribution in [0.15, 0.2) is 60.3 Å². The van der Waals surface area contributed by atoms with E-state index in [1.165, 1.54) is 11.8 Å². The first-order valence-corrected chi connectivity index (χ1v) is 11.5. The van der Waals surface area contributed by atoms with Crippen LogP contribution in [0.2, 0.25) is 0 Å². The summed E-state index contributed by atoms with van der Waals surface area (Å²) in [6, 6.07) is 13.4. The molecule has 1 amide bonds. The topological polar surface area (TPSA) is 99.8 Å². The quantitative estimate of drug-likeness (QED) is 0.283. The Balaban J connectivity index is 1.38. The molecule has 0 saturated carbocycles. The molecule has 33 heavy (non-hydrogen) atoms. The lowest BCUT2D eigenvalue weighted by Crippen LogP contribution is -2.13. The SMILES string of the molecule is C=CCn1c(Cn2nnc3ccccc32)nnc1SCCC(=O)Nc1ccc(OC)cc1C. The van der Waals surface area contributed by atoms with Gasteiger partial charge in [0.05, 0.1) is 12.6 Å². The number of rotatable bonds is 10. The molecule has 0 bridgehead atoms. The number of carbonyl (C=O) groups excluding carboxylic acids is 1. The van der Waals surface area contributed by atoms with Crippen LogP contribution in [0.5, 0.6) is 5.75 Å². The highest BCUT2D eigenvalue weighted by atomic mass is 32.2. The summed E-state index contributed by atoms with van der Waals surface area (Å²) in [4.78, 5) is 12.4. The normalized spacial score (nSPS) is 11.0. The molecule has 0 unspecified atom stereocenters. The number of nitrogens with zero attached hydrogens (tertiary/aromatic N) is 6. The van der Waals surface area contributed by atoms with Gasteiger partial charge in [0.15, 0.2) is 11.0 Å². The van der Waals surface area contributed by atoms with E-state index in [0.717, 1.165) is 39.0 Å². The van der Waals surface area contributed by atoms with Gasteiger partial charge in [0.25, 0.3) is 0 Å². The Morgan fingerprint density at radius 1 is 1.21 bits per heavy atom. The summed E-state index contributed by atoms with van der Waals surface area (Å²) in [6.45, 7) is 6.79. The molecule has 10 heteroatoms. The molecule has 0 aliphatic heterocycles. The number of hydrogen-bond acceptors (Lipinski definition) is 7. The zero-order valence-corrected chi connectivity index (χ0v) is 19.4. The number of hydrogen-bond donors (Lipinski definition) is 1. The molecule has 2 aromatic heterocycles. The van der Waals surface area contributed by atoms with Crippen LogP contribution in [0, 0.1) is 6.92 Å². The van der Waals surface area contributed by atoms with Gasteiger partial charge in [0, 0.05) is 24.4 Å². The maximum Gasteiger partial charge on any atom is 0.225 e. The van der Waals surface area contributed by atoms with Crippen LogP contribution in [-0.2, 0) is 17.9 Å². The molecule has 0 radical (unpaired) electrons. The number of benzene rings is 2. The van der Waals surface area contributed by atoms with Crippen LogP contribution in [0.3, 0.4) is 0 Å². The third-order valence-electron chi connectivity index (χ3n) is 5.08. The summed E-state index contributed by atoms with van der Waals surface area (Å²) >= 11 is 1.49. The maximum absolute atomic E-state index is 12.4. The summed E-state index contributed by atoms with van der Waals surface area (Å²) in [5, 5.41) is 20.8. The third kappa shape index (κ3) is 5.23. The first-order chi connectivity index (χ1) is 16.1. The van der Waals surface area contributed by atoms with E-state index in [1.807, 2.05) is 54.0 Å². The minimum Gasteiger partial charge on any atom is -0.497 e. The lowest BCUT2D eigenvalue weighted by Gasteiger charge is -2.10. The number of amides is 1. The van der Waals surface area contributed by atoms with Gasteiger partial charge < -0.3 is 14.6 Å². The Bertz CT molecular complexity index is 1280. The highest BCUT2D eigenvalue weighted by Gasteiger charge is 2.15. The molecule has 0 spiro atoms. The minimum atomic E-state index is -0.0557. The van der Waals surface area contributed by atoms with Gasteiger partial charge in [-0.15, -0.1) is 21.9 Å². The van der Waals surface area contributed by atoms with Crippen LogP contribution in [0.25, 0.3) is 11.0 Å². The van der Waals surface area contributed by atoms with Crippen molar-refractivity contribution in [2.75, 3.05) is 18.2 Å². The van der Waals surface area contributed by atoms with Gasteiger partial charge in [0.2, 0.25) is 5.91 Å². The lowest BCUT2D eigenvalue weighted by molar-refractivity contribution is -0.115. The predicted octanol–water partition coefficient (Wildman–Crippen LogP) is 3.70. The molecule has 0 aliphatic rings. The summed E-state index contributed by atoms with van der Waals surface area (Å²) in [7, 11) is 1.62. The minimum absolute atomic E-state index is 0.0557. The number of allylic oxidation sites excluding steroid dienone is 1. The second kappa shape index (κ2) is 10.3. The Labute approximate surface area is 195 Å². The van der Waals surface area contributed by atoms with Crippen LogP contribution < -0.4 is 10.1 Å². The number of nitrogens with one attached hydrogen (secondary N) is 1. The number of aromatic nitrogens is 6. The van der Waals surface area contributed by atoms with E-state index in [0.29, 0.717) is 25.3 Å². The van der Waals surface area contributed by atoms with Crippen molar-refractivity contribution in [2.24, 2.45) is 0 Å².